The highest BCUT2D eigenvalue weighted by molar-refractivity contribution is 6.08. The van der Waals surface area contributed by atoms with Gasteiger partial charge in [0, 0.05) is 23.0 Å². The van der Waals surface area contributed by atoms with E-state index in [4.69, 9.17) is 9.47 Å². The zero-order chi connectivity index (χ0) is 22.3. The molecule has 1 aromatic heterocycles. The third kappa shape index (κ3) is 4.95. The number of hydrogen-bond acceptors (Lipinski definition) is 5. The van der Waals surface area contributed by atoms with Gasteiger partial charge in [-0.3, -0.25) is 14.6 Å². The van der Waals surface area contributed by atoms with Crippen LogP contribution in [0.4, 0.5) is 5.69 Å². The largest absolute Gasteiger partial charge is 0.490 e. The molecule has 7 nitrogen and oxygen atoms in total. The van der Waals surface area contributed by atoms with Crippen molar-refractivity contribution in [1.82, 2.24) is 10.3 Å². The third-order valence-corrected chi connectivity index (χ3v) is 4.84. The molecular weight excluding hydrogens is 406 g/mol. The average Bonchev–Trinajstić information content (AvgIpc) is 2.83. The summed E-state index contributed by atoms with van der Waals surface area (Å²) in [6, 6.07) is 17.9. The molecule has 0 spiro atoms. The number of pyridine rings is 1. The normalized spacial score (nSPS) is 12.1. The highest BCUT2D eigenvalue weighted by Crippen LogP contribution is 2.35. The Hall–Kier alpha value is -4.13. The molecule has 0 fully saturated rings. The van der Waals surface area contributed by atoms with Crippen LogP contribution in [0.15, 0.2) is 72.4 Å². The molecule has 0 aliphatic carbocycles. The number of benzene rings is 2. The molecule has 1 aliphatic rings. The lowest BCUT2D eigenvalue weighted by atomic mass is 10.1. The summed E-state index contributed by atoms with van der Waals surface area (Å²) in [5, 5.41) is 5.67. The molecule has 0 radical (unpaired) electrons. The molecule has 1 aliphatic heterocycles. The van der Waals surface area contributed by atoms with E-state index in [0.29, 0.717) is 41.5 Å². The second-order valence-corrected chi connectivity index (χ2v) is 7.10. The molecule has 0 bridgehead atoms. The Balaban J connectivity index is 1.43. The molecule has 32 heavy (non-hydrogen) atoms. The van der Waals surface area contributed by atoms with Crippen molar-refractivity contribution in [2.75, 3.05) is 18.5 Å². The molecule has 0 atom stereocenters. The minimum atomic E-state index is -0.288. The molecule has 2 N–H and O–H groups in total. The van der Waals surface area contributed by atoms with Gasteiger partial charge in [0.05, 0.1) is 24.4 Å². The predicted octanol–water partition coefficient (Wildman–Crippen LogP) is 3.82. The molecule has 2 aromatic carbocycles. The fourth-order valence-corrected chi connectivity index (χ4v) is 3.31. The molecule has 2 amide bonds. The summed E-state index contributed by atoms with van der Waals surface area (Å²) in [5.74, 6) is 0.760. The topological polar surface area (TPSA) is 89.5 Å². The van der Waals surface area contributed by atoms with Gasteiger partial charge in [0.1, 0.15) is 6.61 Å². The number of amides is 2. The van der Waals surface area contributed by atoms with Gasteiger partial charge in [-0.25, -0.2) is 0 Å². The summed E-state index contributed by atoms with van der Waals surface area (Å²) in [4.78, 5) is 29.5. The number of fused-ring (bicyclic) bond motifs is 1. The number of carbonyl (C=O) groups excluding carboxylic acids is 2. The van der Waals surface area contributed by atoms with E-state index in [2.05, 4.69) is 15.6 Å². The summed E-state index contributed by atoms with van der Waals surface area (Å²) < 4.78 is 11.4. The second-order valence-electron chi connectivity index (χ2n) is 7.10. The second kappa shape index (κ2) is 9.78. The van der Waals surface area contributed by atoms with Gasteiger partial charge in [-0.15, -0.1) is 0 Å². The van der Waals surface area contributed by atoms with Gasteiger partial charge in [0.2, 0.25) is 0 Å². The molecule has 0 unspecified atom stereocenters. The summed E-state index contributed by atoms with van der Waals surface area (Å²) in [5.41, 5.74) is 3.00. The maximum Gasteiger partial charge on any atom is 0.255 e. The lowest BCUT2D eigenvalue weighted by Crippen LogP contribution is -2.24. The molecule has 4 rings (SSSR count). The van der Waals surface area contributed by atoms with Gasteiger partial charge in [-0.1, -0.05) is 24.3 Å². The quantitative estimate of drug-likeness (QED) is 0.596. The standard InChI is InChI=1S/C25H23N3O4/c1-2-31-22-11-6-7-17-13-19(16-32-23(17)22)25(30)28-20-10-5-8-18(14-20)24(29)27-15-21-9-3-4-12-26-21/h3-14H,2,15-16H2,1H3,(H,27,29)(H,28,30). The van der Waals surface area contributed by atoms with Gasteiger partial charge in [0.15, 0.2) is 11.5 Å². The Bertz CT molecular complexity index is 1160. The van der Waals surface area contributed by atoms with Crippen LogP contribution in [-0.4, -0.2) is 30.0 Å². The number of ether oxygens (including phenoxy) is 2. The number of aromatic nitrogens is 1. The minimum Gasteiger partial charge on any atom is -0.490 e. The van der Waals surface area contributed by atoms with Crippen LogP contribution in [0, 0.1) is 0 Å². The maximum absolute atomic E-state index is 12.8. The summed E-state index contributed by atoms with van der Waals surface area (Å²) in [7, 11) is 0. The first-order valence-electron chi connectivity index (χ1n) is 10.3. The number of nitrogens with zero attached hydrogens (tertiary/aromatic N) is 1. The molecular formula is C25H23N3O4. The van der Waals surface area contributed by atoms with Crippen LogP contribution in [0.25, 0.3) is 6.08 Å². The van der Waals surface area contributed by atoms with Crippen LogP contribution >= 0.6 is 0 Å². The van der Waals surface area contributed by atoms with Crippen molar-refractivity contribution in [2.45, 2.75) is 13.5 Å². The van der Waals surface area contributed by atoms with E-state index in [0.717, 1.165) is 11.3 Å². The molecule has 162 valence electrons. The number of hydrogen-bond donors (Lipinski definition) is 2. The summed E-state index contributed by atoms with van der Waals surface area (Å²) in [6.45, 7) is 2.89. The van der Waals surface area contributed by atoms with E-state index in [9.17, 15) is 9.59 Å². The van der Waals surface area contributed by atoms with Crippen molar-refractivity contribution < 1.29 is 19.1 Å². The first kappa shape index (κ1) is 21.1. The van der Waals surface area contributed by atoms with E-state index in [1.807, 2.05) is 43.3 Å². The number of anilines is 1. The van der Waals surface area contributed by atoms with Gasteiger partial charge in [0.25, 0.3) is 11.8 Å². The molecule has 2 heterocycles. The lowest BCUT2D eigenvalue weighted by Gasteiger charge is -2.20. The zero-order valence-corrected chi connectivity index (χ0v) is 17.6. The Morgan fingerprint density at radius 3 is 2.75 bits per heavy atom. The van der Waals surface area contributed by atoms with Gasteiger partial charge >= 0.3 is 0 Å². The number of nitrogens with one attached hydrogen (secondary N) is 2. The van der Waals surface area contributed by atoms with Gasteiger partial charge in [-0.05, 0) is 49.4 Å². The highest BCUT2D eigenvalue weighted by Gasteiger charge is 2.20. The minimum absolute atomic E-state index is 0.132. The zero-order valence-electron chi connectivity index (χ0n) is 17.6. The van der Waals surface area contributed by atoms with Crippen molar-refractivity contribution in [2.24, 2.45) is 0 Å². The Kier molecular flexibility index (Phi) is 6.46. The van der Waals surface area contributed by atoms with E-state index in [1.165, 1.54) is 0 Å². The number of para-hydroxylation sites is 1. The number of rotatable bonds is 7. The van der Waals surface area contributed by atoms with Crippen molar-refractivity contribution in [3.05, 3.63) is 89.3 Å². The van der Waals surface area contributed by atoms with Crippen molar-refractivity contribution in [1.29, 1.82) is 0 Å². The van der Waals surface area contributed by atoms with Gasteiger partial charge in [-0.2, -0.15) is 0 Å². The highest BCUT2D eigenvalue weighted by atomic mass is 16.5. The Labute approximate surface area is 186 Å². The summed E-state index contributed by atoms with van der Waals surface area (Å²) in [6.07, 6.45) is 3.47. The maximum atomic E-state index is 12.8. The van der Waals surface area contributed by atoms with Crippen LogP contribution in [0.3, 0.4) is 0 Å². The first-order valence-corrected chi connectivity index (χ1v) is 10.3. The lowest BCUT2D eigenvalue weighted by molar-refractivity contribution is -0.113. The number of carbonyl (C=O) groups is 2. The SMILES string of the molecule is CCOc1cccc2c1OCC(C(=O)Nc1cccc(C(=O)NCc3ccccn3)c1)=C2. The van der Waals surface area contributed by atoms with E-state index in [-0.39, 0.29) is 18.4 Å². The molecule has 0 saturated carbocycles. The Morgan fingerprint density at radius 2 is 1.94 bits per heavy atom. The smallest absolute Gasteiger partial charge is 0.255 e. The van der Waals surface area contributed by atoms with Crippen LogP contribution in [0.2, 0.25) is 0 Å². The predicted molar refractivity (Wildman–Crippen MR) is 122 cm³/mol. The van der Waals surface area contributed by atoms with Crippen LogP contribution in [0.5, 0.6) is 11.5 Å². The molecule has 3 aromatic rings. The summed E-state index contributed by atoms with van der Waals surface area (Å²) >= 11 is 0. The third-order valence-electron chi connectivity index (χ3n) is 4.84. The van der Waals surface area contributed by atoms with Gasteiger partial charge < -0.3 is 20.1 Å². The monoisotopic (exact) mass is 429 g/mol. The average molecular weight is 429 g/mol. The van der Waals surface area contributed by atoms with Crippen molar-refractivity contribution >= 4 is 23.6 Å². The Morgan fingerprint density at radius 1 is 1.06 bits per heavy atom. The first-order chi connectivity index (χ1) is 15.6. The van der Waals surface area contributed by atoms with E-state index in [1.54, 1.807) is 36.5 Å². The fraction of sp³-hybridized carbons (Fsp3) is 0.160. The van der Waals surface area contributed by atoms with Crippen LogP contribution in [-0.2, 0) is 11.3 Å². The fourth-order valence-electron chi connectivity index (χ4n) is 3.31. The van der Waals surface area contributed by atoms with E-state index >= 15 is 0 Å². The molecule has 7 heteroatoms. The van der Waals surface area contributed by atoms with Crippen LogP contribution in [0.1, 0.15) is 28.5 Å². The van der Waals surface area contributed by atoms with E-state index < -0.39 is 0 Å². The van der Waals surface area contributed by atoms with Crippen molar-refractivity contribution in [3.8, 4) is 11.5 Å². The van der Waals surface area contributed by atoms with Crippen LogP contribution < -0.4 is 20.1 Å². The van der Waals surface area contributed by atoms with Crippen molar-refractivity contribution in [3.63, 3.8) is 0 Å². The molecule has 0 saturated heterocycles.